The number of nitrogens with zero attached hydrogens (tertiary/aromatic N) is 4. The topological polar surface area (TPSA) is 68.2 Å². The maximum absolute atomic E-state index is 12.9. The monoisotopic (exact) mass is 413 g/mol. The van der Waals surface area contributed by atoms with Gasteiger partial charge in [-0.1, -0.05) is 0 Å². The summed E-state index contributed by atoms with van der Waals surface area (Å²) in [6.07, 6.45) is -1.41. The molecule has 1 N–H and O–H groups in total. The van der Waals surface area contributed by atoms with Crippen molar-refractivity contribution in [2.75, 3.05) is 59.1 Å². The smallest absolute Gasteiger partial charge is 0.356 e. The summed E-state index contributed by atoms with van der Waals surface area (Å²) in [5.41, 5.74) is 0. The van der Waals surface area contributed by atoms with Crippen LogP contribution >= 0.6 is 0 Å². The third-order valence-corrected chi connectivity index (χ3v) is 6.74. The van der Waals surface area contributed by atoms with E-state index < -0.39 is 22.2 Å². The molecule has 11 heteroatoms. The second-order valence-corrected chi connectivity index (χ2v) is 9.26. The molecule has 158 valence electrons. The number of guanidine groups is 1. The number of nitrogens with one attached hydrogen (secondary N) is 1. The molecule has 2 saturated heterocycles. The maximum atomic E-state index is 12.9. The summed E-state index contributed by atoms with van der Waals surface area (Å²) in [6, 6.07) is -1.44. The van der Waals surface area contributed by atoms with E-state index in [1.807, 2.05) is 4.90 Å². The van der Waals surface area contributed by atoms with Gasteiger partial charge in [-0.25, -0.2) is 12.7 Å². The molecule has 0 spiro atoms. The van der Waals surface area contributed by atoms with Crippen LogP contribution < -0.4 is 5.32 Å². The molecule has 0 saturated carbocycles. The van der Waals surface area contributed by atoms with Crippen molar-refractivity contribution in [1.29, 1.82) is 0 Å². The first-order valence-corrected chi connectivity index (χ1v) is 11.1. The van der Waals surface area contributed by atoms with Crippen LogP contribution in [0.15, 0.2) is 4.99 Å². The highest BCUT2D eigenvalue weighted by atomic mass is 32.2. The lowest BCUT2D eigenvalue weighted by Crippen LogP contribution is -2.57. The van der Waals surface area contributed by atoms with Crippen LogP contribution in [0.2, 0.25) is 0 Å². The summed E-state index contributed by atoms with van der Waals surface area (Å²) in [7, 11) is -1.46. The molecule has 0 aromatic heterocycles. The van der Waals surface area contributed by atoms with Gasteiger partial charge in [-0.05, 0) is 25.7 Å². The van der Waals surface area contributed by atoms with Gasteiger partial charge in [0.1, 0.15) is 6.04 Å². The Morgan fingerprint density at radius 3 is 2.15 bits per heavy atom. The zero-order chi connectivity index (χ0) is 20.2. The number of rotatable bonds is 4. The van der Waals surface area contributed by atoms with Crippen LogP contribution in [-0.2, 0) is 10.0 Å². The van der Waals surface area contributed by atoms with Crippen molar-refractivity contribution in [3.63, 3.8) is 0 Å². The molecule has 2 rings (SSSR count). The lowest BCUT2D eigenvalue weighted by atomic mass is 9.98. The van der Waals surface area contributed by atoms with Crippen LogP contribution in [0.1, 0.15) is 19.8 Å². The van der Waals surface area contributed by atoms with Crippen molar-refractivity contribution in [1.82, 2.24) is 19.4 Å². The number of piperidine rings is 1. The first kappa shape index (κ1) is 22.2. The molecule has 0 aliphatic carbocycles. The van der Waals surface area contributed by atoms with Crippen molar-refractivity contribution >= 4 is 16.0 Å². The van der Waals surface area contributed by atoms with Crippen LogP contribution in [0.5, 0.6) is 0 Å². The molecule has 1 unspecified atom stereocenters. The summed E-state index contributed by atoms with van der Waals surface area (Å²) >= 11 is 0. The fourth-order valence-corrected chi connectivity index (χ4v) is 4.42. The van der Waals surface area contributed by atoms with E-state index in [1.165, 1.54) is 22.4 Å². The second-order valence-electron chi connectivity index (χ2n) is 7.27. The number of sulfonamides is 1. The molecule has 0 amide bonds. The number of hydrogen-bond acceptors (Lipinski definition) is 4. The molecule has 27 heavy (non-hydrogen) atoms. The Morgan fingerprint density at radius 2 is 1.70 bits per heavy atom. The number of piperazine rings is 1. The van der Waals surface area contributed by atoms with Gasteiger partial charge in [-0.2, -0.15) is 13.2 Å². The Balaban J connectivity index is 1.77. The zero-order valence-electron chi connectivity index (χ0n) is 16.2. The van der Waals surface area contributed by atoms with Crippen molar-refractivity contribution in [2.45, 2.75) is 32.0 Å². The van der Waals surface area contributed by atoms with Gasteiger partial charge in [0.05, 0.1) is 6.26 Å². The molecule has 7 nitrogen and oxygen atoms in total. The van der Waals surface area contributed by atoms with Crippen molar-refractivity contribution in [2.24, 2.45) is 10.9 Å². The number of aliphatic imine (C=N–C) groups is 1. The molecule has 0 bridgehead atoms. The predicted molar refractivity (Wildman–Crippen MR) is 99.2 cm³/mol. The van der Waals surface area contributed by atoms with Gasteiger partial charge in [0.2, 0.25) is 10.0 Å². The number of hydrogen-bond donors (Lipinski definition) is 1. The number of alkyl halides is 3. The summed E-state index contributed by atoms with van der Waals surface area (Å²) in [4.78, 5) is 7.68. The van der Waals surface area contributed by atoms with E-state index in [1.54, 1.807) is 7.05 Å². The molecule has 0 radical (unpaired) electrons. The average Bonchev–Trinajstić information content (AvgIpc) is 2.61. The normalized spacial score (nSPS) is 23.5. The fraction of sp³-hybridized carbons (Fsp3) is 0.938. The Labute approximate surface area is 159 Å². The Hall–Kier alpha value is -1.07. The average molecular weight is 414 g/mol. The molecule has 0 aromatic carbocycles. The van der Waals surface area contributed by atoms with Gasteiger partial charge in [0.25, 0.3) is 0 Å². The highest BCUT2D eigenvalue weighted by Gasteiger charge is 2.41. The molecule has 2 aliphatic heterocycles. The zero-order valence-corrected chi connectivity index (χ0v) is 17.0. The van der Waals surface area contributed by atoms with E-state index in [2.05, 4.69) is 10.3 Å². The summed E-state index contributed by atoms with van der Waals surface area (Å²) in [6.45, 7) is 4.60. The Kier molecular flexibility index (Phi) is 7.37. The van der Waals surface area contributed by atoms with Crippen molar-refractivity contribution in [3.8, 4) is 0 Å². The first-order valence-electron chi connectivity index (χ1n) is 9.24. The highest BCUT2D eigenvalue weighted by molar-refractivity contribution is 7.88. The third kappa shape index (κ3) is 6.21. The first-order chi connectivity index (χ1) is 12.5. The summed E-state index contributed by atoms with van der Waals surface area (Å²) < 4.78 is 63.2. The predicted octanol–water partition coefficient (Wildman–Crippen LogP) is 0.802. The lowest BCUT2D eigenvalue weighted by molar-refractivity contribution is -0.181. The Bertz CT molecular complexity index is 610. The van der Waals surface area contributed by atoms with Crippen LogP contribution in [0.3, 0.4) is 0 Å². The molecule has 0 aromatic rings. The van der Waals surface area contributed by atoms with Crippen LogP contribution in [0, 0.1) is 5.92 Å². The van der Waals surface area contributed by atoms with Crippen LogP contribution in [0.25, 0.3) is 0 Å². The molecular weight excluding hydrogens is 383 g/mol. The van der Waals surface area contributed by atoms with E-state index in [9.17, 15) is 21.6 Å². The summed E-state index contributed by atoms with van der Waals surface area (Å²) in [5, 5.41) is 3.30. The molecule has 1 atom stereocenters. The van der Waals surface area contributed by atoms with Gasteiger partial charge in [-0.3, -0.25) is 9.89 Å². The number of halogens is 3. The third-order valence-electron chi connectivity index (χ3n) is 5.44. The van der Waals surface area contributed by atoms with E-state index in [0.29, 0.717) is 57.7 Å². The highest BCUT2D eigenvalue weighted by Crippen LogP contribution is 2.25. The van der Waals surface area contributed by atoms with Gasteiger partial charge >= 0.3 is 6.18 Å². The largest absolute Gasteiger partial charge is 0.403 e. The molecule has 2 aliphatic rings. The second kappa shape index (κ2) is 8.95. The van der Waals surface area contributed by atoms with E-state index >= 15 is 0 Å². The van der Waals surface area contributed by atoms with Gasteiger partial charge in [0, 0.05) is 52.9 Å². The van der Waals surface area contributed by atoms with E-state index in [0.717, 1.165) is 12.8 Å². The van der Waals surface area contributed by atoms with E-state index in [-0.39, 0.29) is 0 Å². The van der Waals surface area contributed by atoms with Gasteiger partial charge in [0.15, 0.2) is 5.96 Å². The fourth-order valence-electron chi connectivity index (χ4n) is 3.54. The van der Waals surface area contributed by atoms with Gasteiger partial charge in [-0.15, -0.1) is 0 Å². The Morgan fingerprint density at radius 1 is 1.15 bits per heavy atom. The standard InChI is InChI=1S/C16H30F3N5O2S/c1-13(16(17,18)19)22-8-10-23(11-9-22)15(20-2)21-12-14-4-6-24(7-5-14)27(3,25)26/h13-14H,4-12H2,1-3H3,(H,20,21). The maximum Gasteiger partial charge on any atom is 0.403 e. The molecule has 2 fully saturated rings. The van der Waals surface area contributed by atoms with Crippen molar-refractivity contribution < 1.29 is 21.6 Å². The lowest BCUT2D eigenvalue weighted by Gasteiger charge is -2.40. The molecular formula is C16H30F3N5O2S. The van der Waals surface area contributed by atoms with Crippen LogP contribution in [-0.4, -0.2) is 99.8 Å². The SMILES string of the molecule is CN=C(NCC1CCN(S(C)(=O)=O)CC1)N1CCN(C(C)C(F)(F)F)CC1. The molecule has 2 heterocycles. The summed E-state index contributed by atoms with van der Waals surface area (Å²) in [5.74, 6) is 1.05. The quantitative estimate of drug-likeness (QED) is 0.546. The van der Waals surface area contributed by atoms with Crippen molar-refractivity contribution in [3.05, 3.63) is 0 Å². The minimum Gasteiger partial charge on any atom is -0.356 e. The van der Waals surface area contributed by atoms with E-state index in [4.69, 9.17) is 0 Å². The minimum atomic E-state index is -4.21. The van der Waals surface area contributed by atoms with Gasteiger partial charge < -0.3 is 10.2 Å². The minimum absolute atomic E-state index is 0.341. The van der Waals surface area contributed by atoms with Crippen LogP contribution in [0.4, 0.5) is 13.2 Å².